The van der Waals surface area contributed by atoms with Crippen LogP contribution in [0.4, 0.5) is 5.69 Å². The zero-order valence-electron chi connectivity index (χ0n) is 7.73. The molecule has 2 aromatic rings. The summed E-state index contributed by atoms with van der Waals surface area (Å²) in [6.07, 6.45) is 0. The van der Waals surface area contributed by atoms with E-state index in [1.165, 1.54) is 5.56 Å². The van der Waals surface area contributed by atoms with Crippen molar-refractivity contribution in [1.29, 1.82) is 0 Å². The van der Waals surface area contributed by atoms with Crippen LogP contribution in [0.1, 0.15) is 11.4 Å². The second kappa shape index (κ2) is 2.54. The molecular weight excluding hydrogens is 178 g/mol. The Kier molecular flexibility index (Phi) is 1.36. The fourth-order valence-corrected chi connectivity index (χ4v) is 1.65. The highest BCUT2D eigenvalue weighted by atomic mass is 15.6. The summed E-state index contributed by atoms with van der Waals surface area (Å²) < 4.78 is 1.77. The third-order valence-electron chi connectivity index (χ3n) is 2.35. The van der Waals surface area contributed by atoms with E-state index in [1.54, 1.807) is 4.68 Å². The Labute approximate surface area is 80.7 Å². The van der Waals surface area contributed by atoms with Gasteiger partial charge >= 0.3 is 0 Å². The van der Waals surface area contributed by atoms with Gasteiger partial charge in [0.05, 0.1) is 17.9 Å². The van der Waals surface area contributed by atoms with Gasteiger partial charge in [-0.15, -0.1) is 5.10 Å². The molecule has 1 aliphatic rings. The van der Waals surface area contributed by atoms with Crippen LogP contribution in [0, 0.1) is 6.92 Å². The van der Waals surface area contributed by atoms with Crippen LogP contribution in [0.5, 0.6) is 0 Å². The molecule has 1 aliphatic heterocycles. The molecule has 0 fully saturated rings. The number of fused-ring (bicyclic) bond motifs is 3. The van der Waals surface area contributed by atoms with Gasteiger partial charge in [-0.05, 0) is 35.0 Å². The molecule has 1 aromatic heterocycles. The zero-order valence-corrected chi connectivity index (χ0v) is 7.73. The van der Waals surface area contributed by atoms with Gasteiger partial charge in [0.2, 0.25) is 0 Å². The van der Waals surface area contributed by atoms with Gasteiger partial charge in [0.1, 0.15) is 0 Å². The molecule has 0 saturated carbocycles. The second-order valence-corrected chi connectivity index (χ2v) is 3.38. The molecule has 0 amide bonds. The standard InChI is InChI=1S/C9H9N5/c1-6-2-3-8-7(4-6)10-5-9-11-12-13-14(8)9/h2-4,10H,5H2,1H3. The van der Waals surface area contributed by atoms with E-state index in [9.17, 15) is 0 Å². The molecule has 1 N–H and O–H groups in total. The SMILES string of the molecule is Cc1ccc2c(c1)NCc1nnnn1-2. The molecule has 0 radical (unpaired) electrons. The second-order valence-electron chi connectivity index (χ2n) is 3.38. The Balaban J connectivity index is 2.26. The first-order valence-corrected chi connectivity index (χ1v) is 4.47. The fraction of sp³-hybridized carbons (Fsp3) is 0.222. The average molecular weight is 187 g/mol. The molecule has 0 unspecified atom stereocenters. The highest BCUT2D eigenvalue weighted by Gasteiger charge is 2.16. The molecule has 70 valence electrons. The van der Waals surface area contributed by atoms with Crippen molar-refractivity contribution >= 4 is 5.69 Å². The van der Waals surface area contributed by atoms with Gasteiger partial charge in [0.25, 0.3) is 0 Å². The Morgan fingerprint density at radius 1 is 1.43 bits per heavy atom. The van der Waals surface area contributed by atoms with E-state index in [0.717, 1.165) is 17.2 Å². The van der Waals surface area contributed by atoms with Gasteiger partial charge in [-0.2, -0.15) is 4.68 Å². The predicted octanol–water partition coefficient (Wildman–Crippen LogP) is 0.896. The Morgan fingerprint density at radius 3 is 3.29 bits per heavy atom. The van der Waals surface area contributed by atoms with Gasteiger partial charge in [0.15, 0.2) is 5.82 Å². The summed E-state index contributed by atoms with van der Waals surface area (Å²) in [5.74, 6) is 0.848. The minimum absolute atomic E-state index is 0.684. The van der Waals surface area contributed by atoms with E-state index in [0.29, 0.717) is 6.54 Å². The van der Waals surface area contributed by atoms with Crippen LogP contribution in [0.3, 0.4) is 0 Å². The Morgan fingerprint density at radius 2 is 2.36 bits per heavy atom. The molecule has 0 atom stereocenters. The first kappa shape index (κ1) is 7.49. The molecule has 14 heavy (non-hydrogen) atoms. The number of aryl methyl sites for hydroxylation is 1. The molecule has 0 saturated heterocycles. The number of hydrogen-bond donors (Lipinski definition) is 1. The Bertz CT molecular complexity index is 488. The van der Waals surface area contributed by atoms with Gasteiger partial charge in [-0.1, -0.05) is 6.07 Å². The maximum absolute atomic E-state index is 3.94. The molecule has 0 aliphatic carbocycles. The molecule has 0 bridgehead atoms. The minimum Gasteiger partial charge on any atom is -0.376 e. The van der Waals surface area contributed by atoms with Gasteiger partial charge in [-0.3, -0.25) is 0 Å². The van der Waals surface area contributed by atoms with Gasteiger partial charge < -0.3 is 5.32 Å². The highest BCUT2D eigenvalue weighted by molar-refractivity contribution is 5.63. The van der Waals surface area contributed by atoms with Crippen molar-refractivity contribution in [3.63, 3.8) is 0 Å². The number of benzene rings is 1. The molecule has 5 nitrogen and oxygen atoms in total. The van der Waals surface area contributed by atoms with E-state index in [-0.39, 0.29) is 0 Å². The quantitative estimate of drug-likeness (QED) is 0.665. The molecule has 3 rings (SSSR count). The van der Waals surface area contributed by atoms with Crippen molar-refractivity contribution in [3.05, 3.63) is 29.6 Å². The molecule has 0 spiro atoms. The van der Waals surface area contributed by atoms with Crippen LogP contribution in [0.15, 0.2) is 18.2 Å². The number of rotatable bonds is 0. The van der Waals surface area contributed by atoms with Crippen LogP contribution >= 0.6 is 0 Å². The maximum atomic E-state index is 3.94. The van der Waals surface area contributed by atoms with Crippen molar-refractivity contribution < 1.29 is 0 Å². The summed E-state index contributed by atoms with van der Waals surface area (Å²) in [7, 11) is 0. The lowest BCUT2D eigenvalue weighted by molar-refractivity contribution is 0.754. The maximum Gasteiger partial charge on any atom is 0.175 e. The van der Waals surface area contributed by atoms with Gasteiger partial charge in [0, 0.05) is 0 Å². The first-order chi connectivity index (χ1) is 6.84. The van der Waals surface area contributed by atoms with E-state index in [4.69, 9.17) is 0 Å². The topological polar surface area (TPSA) is 55.6 Å². The summed E-state index contributed by atoms with van der Waals surface area (Å²) in [5.41, 5.74) is 3.33. The highest BCUT2D eigenvalue weighted by Crippen LogP contribution is 2.25. The molecular formula is C9H9N5. The third kappa shape index (κ3) is 0.921. The molecule has 1 aromatic carbocycles. The average Bonchev–Trinajstić information content (AvgIpc) is 2.65. The molecule has 5 heteroatoms. The van der Waals surface area contributed by atoms with Crippen molar-refractivity contribution in [2.24, 2.45) is 0 Å². The number of nitrogens with zero attached hydrogens (tertiary/aromatic N) is 4. The predicted molar refractivity (Wildman–Crippen MR) is 51.2 cm³/mol. The largest absolute Gasteiger partial charge is 0.376 e. The Hall–Kier alpha value is -1.91. The normalized spacial score (nSPS) is 12.9. The van der Waals surface area contributed by atoms with Crippen molar-refractivity contribution in [1.82, 2.24) is 20.2 Å². The summed E-state index contributed by atoms with van der Waals surface area (Å²) in [5, 5.41) is 14.8. The zero-order chi connectivity index (χ0) is 9.54. The fourth-order valence-electron chi connectivity index (χ4n) is 1.65. The number of anilines is 1. The van der Waals surface area contributed by atoms with Crippen molar-refractivity contribution in [3.8, 4) is 5.69 Å². The lowest BCUT2D eigenvalue weighted by Crippen LogP contribution is -2.16. The number of nitrogens with one attached hydrogen (secondary N) is 1. The van der Waals surface area contributed by atoms with E-state index >= 15 is 0 Å². The van der Waals surface area contributed by atoms with E-state index < -0.39 is 0 Å². The number of hydrogen-bond acceptors (Lipinski definition) is 4. The van der Waals surface area contributed by atoms with E-state index in [2.05, 4.69) is 39.9 Å². The lowest BCUT2D eigenvalue weighted by Gasteiger charge is -2.17. The van der Waals surface area contributed by atoms with Crippen LogP contribution in [-0.2, 0) is 6.54 Å². The van der Waals surface area contributed by atoms with Gasteiger partial charge in [-0.25, -0.2) is 0 Å². The lowest BCUT2D eigenvalue weighted by atomic mass is 10.1. The van der Waals surface area contributed by atoms with Crippen LogP contribution in [-0.4, -0.2) is 20.2 Å². The van der Waals surface area contributed by atoms with Crippen LogP contribution in [0.2, 0.25) is 0 Å². The number of aromatic nitrogens is 4. The summed E-state index contributed by atoms with van der Waals surface area (Å²) in [6, 6.07) is 6.17. The van der Waals surface area contributed by atoms with Crippen LogP contribution < -0.4 is 5.32 Å². The van der Waals surface area contributed by atoms with Crippen molar-refractivity contribution in [2.45, 2.75) is 13.5 Å². The summed E-state index contributed by atoms with van der Waals surface area (Å²) in [6.45, 7) is 2.75. The van der Waals surface area contributed by atoms with E-state index in [1.807, 2.05) is 6.07 Å². The summed E-state index contributed by atoms with van der Waals surface area (Å²) in [4.78, 5) is 0. The molecule has 2 heterocycles. The number of tetrazole rings is 1. The smallest absolute Gasteiger partial charge is 0.175 e. The first-order valence-electron chi connectivity index (χ1n) is 4.47. The minimum atomic E-state index is 0.684. The van der Waals surface area contributed by atoms with Crippen molar-refractivity contribution in [2.75, 3.05) is 5.32 Å². The summed E-state index contributed by atoms with van der Waals surface area (Å²) >= 11 is 0. The van der Waals surface area contributed by atoms with Crippen LogP contribution in [0.25, 0.3) is 5.69 Å². The third-order valence-corrected chi connectivity index (χ3v) is 2.35. The monoisotopic (exact) mass is 187 g/mol.